The quantitative estimate of drug-likeness (QED) is 0.676. The van der Waals surface area contributed by atoms with Crippen molar-refractivity contribution in [1.29, 1.82) is 0 Å². The van der Waals surface area contributed by atoms with Crippen molar-refractivity contribution in [3.05, 3.63) is 22.6 Å². The molecule has 0 radical (unpaired) electrons. The van der Waals surface area contributed by atoms with Gasteiger partial charge in [-0.05, 0) is 22.0 Å². The fourth-order valence-electron chi connectivity index (χ4n) is 0.438. The van der Waals surface area contributed by atoms with Crippen molar-refractivity contribution in [1.82, 2.24) is 0 Å². The Morgan fingerprint density at radius 3 is 2.75 bits per heavy atom. The summed E-state index contributed by atoms with van der Waals surface area (Å²) in [7, 11) is 0. The van der Waals surface area contributed by atoms with Gasteiger partial charge in [0, 0.05) is 5.75 Å². The van der Waals surface area contributed by atoms with E-state index < -0.39 is 0 Å². The van der Waals surface area contributed by atoms with Crippen LogP contribution in [0.15, 0.2) is 21.2 Å². The van der Waals surface area contributed by atoms with E-state index in [2.05, 4.69) is 28.6 Å². The van der Waals surface area contributed by atoms with Crippen LogP contribution in [0.1, 0.15) is 5.76 Å². The Hall–Kier alpha value is 0.110. The van der Waals surface area contributed by atoms with Crippen LogP contribution in [0, 0.1) is 0 Å². The zero-order valence-electron chi connectivity index (χ0n) is 4.10. The SMILES string of the molecule is SCc1occc1Br. The molecule has 0 N–H and O–H groups in total. The lowest BCUT2D eigenvalue weighted by atomic mass is 10.5. The average molecular weight is 193 g/mol. The van der Waals surface area contributed by atoms with Crippen molar-refractivity contribution >= 4 is 28.6 Å². The highest BCUT2D eigenvalue weighted by Crippen LogP contribution is 2.18. The van der Waals surface area contributed by atoms with Crippen LogP contribution in [0.2, 0.25) is 0 Å². The fourth-order valence-corrected chi connectivity index (χ4v) is 1.24. The van der Waals surface area contributed by atoms with Gasteiger partial charge in [-0.15, -0.1) is 0 Å². The first kappa shape index (κ1) is 6.23. The second-order valence-corrected chi connectivity index (χ2v) is 2.52. The summed E-state index contributed by atoms with van der Waals surface area (Å²) in [5.41, 5.74) is 0. The van der Waals surface area contributed by atoms with E-state index in [4.69, 9.17) is 4.42 Å². The molecule has 0 bridgehead atoms. The van der Waals surface area contributed by atoms with E-state index in [0.29, 0.717) is 5.75 Å². The maximum absolute atomic E-state index is 4.99. The summed E-state index contributed by atoms with van der Waals surface area (Å²) in [5, 5.41) is 0. The fraction of sp³-hybridized carbons (Fsp3) is 0.200. The molecular formula is C5H5BrOS. The zero-order chi connectivity index (χ0) is 5.98. The van der Waals surface area contributed by atoms with E-state index in [1.807, 2.05) is 6.07 Å². The molecule has 1 rings (SSSR count). The second kappa shape index (κ2) is 2.60. The smallest absolute Gasteiger partial charge is 0.127 e. The summed E-state index contributed by atoms with van der Waals surface area (Å²) in [6.07, 6.45) is 1.63. The van der Waals surface area contributed by atoms with Crippen molar-refractivity contribution in [2.75, 3.05) is 0 Å². The number of furan rings is 1. The Bertz CT molecular complexity index is 173. The Morgan fingerprint density at radius 1 is 1.75 bits per heavy atom. The summed E-state index contributed by atoms with van der Waals surface area (Å²) in [6.45, 7) is 0. The number of hydrogen-bond donors (Lipinski definition) is 1. The minimum Gasteiger partial charge on any atom is -0.467 e. The second-order valence-electron chi connectivity index (χ2n) is 1.35. The van der Waals surface area contributed by atoms with Crippen LogP contribution < -0.4 is 0 Å². The molecule has 0 saturated carbocycles. The van der Waals surface area contributed by atoms with Gasteiger partial charge in [0.1, 0.15) is 5.76 Å². The van der Waals surface area contributed by atoms with Crippen LogP contribution in [0.5, 0.6) is 0 Å². The molecule has 0 amide bonds. The molecule has 0 aliphatic carbocycles. The van der Waals surface area contributed by atoms with Crippen molar-refractivity contribution in [2.24, 2.45) is 0 Å². The van der Waals surface area contributed by atoms with Crippen LogP contribution in [-0.2, 0) is 5.75 Å². The van der Waals surface area contributed by atoms with Crippen LogP contribution >= 0.6 is 28.6 Å². The molecule has 0 aliphatic heterocycles. The molecule has 1 nitrogen and oxygen atoms in total. The molecule has 0 unspecified atom stereocenters. The Labute approximate surface area is 61.6 Å². The summed E-state index contributed by atoms with van der Waals surface area (Å²) in [6, 6.07) is 1.85. The summed E-state index contributed by atoms with van der Waals surface area (Å²) >= 11 is 7.31. The van der Waals surface area contributed by atoms with E-state index >= 15 is 0 Å². The van der Waals surface area contributed by atoms with Gasteiger partial charge in [-0.25, -0.2) is 0 Å². The third-order valence-corrected chi connectivity index (χ3v) is 1.83. The number of halogens is 1. The van der Waals surface area contributed by atoms with Gasteiger partial charge in [0.25, 0.3) is 0 Å². The lowest BCUT2D eigenvalue weighted by molar-refractivity contribution is 0.529. The first-order chi connectivity index (χ1) is 3.84. The molecule has 0 fully saturated rings. The van der Waals surface area contributed by atoms with E-state index in [1.54, 1.807) is 6.26 Å². The number of rotatable bonds is 1. The summed E-state index contributed by atoms with van der Waals surface area (Å²) in [4.78, 5) is 0. The van der Waals surface area contributed by atoms with Crippen molar-refractivity contribution in [3.8, 4) is 0 Å². The highest BCUT2D eigenvalue weighted by Gasteiger charge is 1.97. The molecule has 44 valence electrons. The van der Waals surface area contributed by atoms with Gasteiger partial charge < -0.3 is 4.42 Å². The van der Waals surface area contributed by atoms with Crippen LogP contribution in [0.25, 0.3) is 0 Å². The molecule has 8 heavy (non-hydrogen) atoms. The van der Waals surface area contributed by atoms with Gasteiger partial charge in [-0.1, -0.05) is 0 Å². The third kappa shape index (κ3) is 1.09. The highest BCUT2D eigenvalue weighted by molar-refractivity contribution is 9.10. The summed E-state index contributed by atoms with van der Waals surface area (Å²) in [5.74, 6) is 1.53. The Kier molecular flexibility index (Phi) is 2.02. The maximum atomic E-state index is 4.99. The first-order valence-corrected chi connectivity index (χ1v) is 3.60. The monoisotopic (exact) mass is 192 g/mol. The van der Waals surface area contributed by atoms with Crippen molar-refractivity contribution < 1.29 is 4.42 Å². The van der Waals surface area contributed by atoms with Crippen LogP contribution in [-0.4, -0.2) is 0 Å². The van der Waals surface area contributed by atoms with Gasteiger partial charge in [-0.3, -0.25) is 0 Å². The molecule has 0 spiro atoms. The van der Waals surface area contributed by atoms with Gasteiger partial charge in [0.2, 0.25) is 0 Å². The third-order valence-electron chi connectivity index (χ3n) is 0.835. The van der Waals surface area contributed by atoms with Crippen LogP contribution in [0.3, 0.4) is 0 Å². The predicted octanol–water partition coefficient (Wildman–Crippen LogP) is 2.47. The van der Waals surface area contributed by atoms with Crippen molar-refractivity contribution in [2.45, 2.75) is 5.75 Å². The molecule has 0 aromatic carbocycles. The number of hydrogen-bond acceptors (Lipinski definition) is 2. The lowest BCUT2D eigenvalue weighted by Crippen LogP contribution is -1.67. The zero-order valence-corrected chi connectivity index (χ0v) is 6.58. The molecule has 1 aromatic rings. The molecule has 0 atom stereocenters. The lowest BCUT2D eigenvalue weighted by Gasteiger charge is -1.84. The normalized spacial score (nSPS) is 9.75. The molecule has 0 saturated heterocycles. The molecule has 0 aliphatic rings. The molecule has 1 aromatic heterocycles. The van der Waals surface area contributed by atoms with Crippen molar-refractivity contribution in [3.63, 3.8) is 0 Å². The van der Waals surface area contributed by atoms with Gasteiger partial charge in [0.15, 0.2) is 0 Å². The maximum Gasteiger partial charge on any atom is 0.127 e. The predicted molar refractivity (Wildman–Crippen MR) is 39.1 cm³/mol. The van der Waals surface area contributed by atoms with Crippen LogP contribution in [0.4, 0.5) is 0 Å². The van der Waals surface area contributed by atoms with E-state index in [1.165, 1.54) is 0 Å². The Morgan fingerprint density at radius 2 is 2.50 bits per heavy atom. The van der Waals surface area contributed by atoms with E-state index in [-0.39, 0.29) is 0 Å². The average Bonchev–Trinajstić information content (AvgIpc) is 2.14. The summed E-state index contributed by atoms with van der Waals surface area (Å²) < 4.78 is 5.98. The minimum absolute atomic E-state index is 0.646. The Balaban J connectivity index is 2.92. The topological polar surface area (TPSA) is 13.1 Å². The van der Waals surface area contributed by atoms with Gasteiger partial charge >= 0.3 is 0 Å². The van der Waals surface area contributed by atoms with Gasteiger partial charge in [0.05, 0.1) is 10.7 Å². The molecule has 3 heteroatoms. The highest BCUT2D eigenvalue weighted by atomic mass is 79.9. The van der Waals surface area contributed by atoms with E-state index in [0.717, 1.165) is 10.2 Å². The number of thiol groups is 1. The standard InChI is InChI=1S/C5H5BrOS/c6-4-1-2-7-5(4)3-8/h1-2,8H,3H2. The van der Waals surface area contributed by atoms with E-state index in [9.17, 15) is 0 Å². The largest absolute Gasteiger partial charge is 0.467 e. The first-order valence-electron chi connectivity index (χ1n) is 2.17. The van der Waals surface area contributed by atoms with Gasteiger partial charge in [-0.2, -0.15) is 12.6 Å². The molecule has 1 heterocycles. The minimum atomic E-state index is 0.646. The molecular weight excluding hydrogens is 188 g/mol.